The van der Waals surface area contributed by atoms with Crippen LogP contribution in [0.2, 0.25) is 0 Å². The summed E-state index contributed by atoms with van der Waals surface area (Å²) in [6, 6.07) is -0.539. The molecule has 0 aromatic carbocycles. The van der Waals surface area contributed by atoms with Gasteiger partial charge < -0.3 is 15.5 Å². The molecule has 0 aliphatic carbocycles. The highest BCUT2D eigenvalue weighted by molar-refractivity contribution is 5.76. The first-order valence-corrected chi connectivity index (χ1v) is 33.1. The fourth-order valence-electron chi connectivity index (χ4n) is 10.3. The van der Waals surface area contributed by atoms with E-state index < -0.39 is 12.1 Å². The monoisotopic (exact) mass is 1030 g/mol. The van der Waals surface area contributed by atoms with Gasteiger partial charge in [0.1, 0.15) is 0 Å². The van der Waals surface area contributed by atoms with Gasteiger partial charge in [-0.25, -0.2) is 0 Å². The van der Waals surface area contributed by atoms with Gasteiger partial charge in [0.05, 0.1) is 18.8 Å². The van der Waals surface area contributed by atoms with Gasteiger partial charge in [-0.15, -0.1) is 0 Å². The maximum absolute atomic E-state index is 12.5. The third kappa shape index (κ3) is 60.7. The molecule has 2 unspecified atom stereocenters. The first kappa shape index (κ1) is 71.8. The fourth-order valence-corrected chi connectivity index (χ4v) is 10.3. The molecule has 74 heavy (non-hydrogen) atoms. The number of amides is 1. The van der Waals surface area contributed by atoms with E-state index in [1.807, 2.05) is 0 Å². The Bertz CT molecular complexity index is 1260. The minimum atomic E-state index is -0.662. The standard InChI is InChI=1S/C70H129NO3/c1-3-5-7-9-11-13-15-17-19-21-23-25-27-29-30-31-32-33-34-35-36-37-38-39-40-42-44-46-48-50-52-54-56-58-60-62-64-66-70(74)71-68(67-72)69(73)65-63-61-59-57-55-53-51-49-47-45-43-41-28-26-24-22-20-18-16-14-12-10-8-6-4-2/h5,7,11,13,17,19,23,25,29-30,32-33,68-69,72-73H,3-4,6,8-10,12,14-16,18,20-22,24,26-28,31,34-67H2,1-2H3,(H,71,74)/b7-5-,13-11-,19-17-,25-23-,30-29-,33-32-. The molecule has 0 radical (unpaired) electrons. The second-order valence-electron chi connectivity index (χ2n) is 22.5. The lowest BCUT2D eigenvalue weighted by atomic mass is 10.0. The van der Waals surface area contributed by atoms with Crippen molar-refractivity contribution in [2.75, 3.05) is 6.61 Å². The Morgan fingerprint density at radius 3 is 0.892 bits per heavy atom. The van der Waals surface area contributed by atoms with Crippen LogP contribution in [-0.2, 0) is 4.79 Å². The smallest absolute Gasteiger partial charge is 0.220 e. The molecule has 0 spiro atoms. The molecule has 4 nitrogen and oxygen atoms in total. The number of aliphatic hydroxyl groups is 2. The van der Waals surface area contributed by atoms with Crippen LogP contribution in [0.1, 0.15) is 348 Å². The van der Waals surface area contributed by atoms with Crippen LogP contribution in [0.25, 0.3) is 0 Å². The number of nitrogens with one attached hydrogen (secondary N) is 1. The van der Waals surface area contributed by atoms with Crippen molar-refractivity contribution in [1.29, 1.82) is 0 Å². The number of unbranched alkanes of at least 4 members (excludes halogenated alkanes) is 42. The quantitative estimate of drug-likeness (QED) is 0.0420. The van der Waals surface area contributed by atoms with Crippen molar-refractivity contribution in [3.05, 3.63) is 72.9 Å². The molecule has 0 bridgehead atoms. The number of rotatable bonds is 61. The third-order valence-electron chi connectivity index (χ3n) is 15.2. The summed E-state index contributed by atoms with van der Waals surface area (Å²) < 4.78 is 0. The van der Waals surface area contributed by atoms with Crippen molar-refractivity contribution in [3.63, 3.8) is 0 Å². The van der Waals surface area contributed by atoms with E-state index in [-0.39, 0.29) is 12.5 Å². The third-order valence-corrected chi connectivity index (χ3v) is 15.2. The molecule has 0 aromatic rings. The minimum absolute atomic E-state index is 0.0266. The summed E-state index contributed by atoms with van der Waals surface area (Å²) in [6.07, 6.45) is 93.6. The molecule has 0 aromatic heterocycles. The van der Waals surface area contributed by atoms with Gasteiger partial charge in [-0.1, -0.05) is 350 Å². The van der Waals surface area contributed by atoms with Crippen LogP contribution >= 0.6 is 0 Å². The summed E-state index contributed by atoms with van der Waals surface area (Å²) >= 11 is 0. The molecule has 0 heterocycles. The van der Waals surface area contributed by atoms with E-state index in [1.54, 1.807) is 0 Å². The minimum Gasteiger partial charge on any atom is -0.394 e. The topological polar surface area (TPSA) is 69.6 Å². The van der Waals surface area contributed by atoms with Gasteiger partial charge in [0.25, 0.3) is 0 Å². The number of aliphatic hydroxyl groups excluding tert-OH is 2. The van der Waals surface area contributed by atoms with Crippen molar-refractivity contribution in [2.24, 2.45) is 0 Å². The summed E-state index contributed by atoms with van der Waals surface area (Å²) in [5.74, 6) is -0.0266. The number of carbonyl (C=O) groups excluding carboxylic acids is 1. The molecule has 432 valence electrons. The molecule has 0 rings (SSSR count). The van der Waals surface area contributed by atoms with Crippen molar-refractivity contribution >= 4 is 5.91 Å². The molecule has 2 atom stereocenters. The van der Waals surface area contributed by atoms with Crippen LogP contribution in [0.5, 0.6) is 0 Å². The Balaban J connectivity index is 3.43. The second kappa shape index (κ2) is 65.1. The molecule has 4 heteroatoms. The largest absolute Gasteiger partial charge is 0.394 e. The number of carbonyl (C=O) groups is 1. The Kier molecular flexibility index (Phi) is 63.2. The molecule has 0 saturated carbocycles. The molecule has 0 aliphatic heterocycles. The summed E-state index contributed by atoms with van der Waals surface area (Å²) in [5, 5.41) is 23.4. The first-order valence-electron chi connectivity index (χ1n) is 33.1. The van der Waals surface area contributed by atoms with Gasteiger partial charge in [0, 0.05) is 6.42 Å². The first-order chi connectivity index (χ1) is 36.7. The van der Waals surface area contributed by atoms with E-state index in [4.69, 9.17) is 0 Å². The van der Waals surface area contributed by atoms with Gasteiger partial charge >= 0.3 is 0 Å². The summed E-state index contributed by atoms with van der Waals surface area (Å²) in [4.78, 5) is 12.5. The zero-order valence-electron chi connectivity index (χ0n) is 49.9. The van der Waals surface area contributed by atoms with E-state index in [1.165, 1.54) is 257 Å². The predicted molar refractivity (Wildman–Crippen MR) is 331 cm³/mol. The zero-order valence-corrected chi connectivity index (χ0v) is 49.9. The van der Waals surface area contributed by atoms with Gasteiger partial charge in [-0.05, 0) is 64.2 Å². The van der Waals surface area contributed by atoms with Crippen molar-refractivity contribution in [3.8, 4) is 0 Å². The second-order valence-corrected chi connectivity index (χ2v) is 22.5. The summed E-state index contributed by atoms with van der Waals surface area (Å²) in [6.45, 7) is 4.28. The molecular weight excluding hydrogens is 903 g/mol. The molecule has 1 amide bonds. The molecule has 0 fully saturated rings. The lowest BCUT2D eigenvalue weighted by molar-refractivity contribution is -0.123. The Labute approximate surface area is 463 Å². The zero-order chi connectivity index (χ0) is 53.4. The van der Waals surface area contributed by atoms with Crippen LogP contribution in [0.4, 0.5) is 0 Å². The lowest BCUT2D eigenvalue weighted by Gasteiger charge is -2.22. The SMILES string of the molecule is CC/C=C\C/C=C\C/C=C\C/C=C\C/C=C\C/C=C\CCCCCCCCCCCCCCCCCCCCC(=O)NC(CO)C(O)CCCCCCCCCCCCCCCCCCCCCCCCCCC. The van der Waals surface area contributed by atoms with Crippen LogP contribution in [-0.4, -0.2) is 34.9 Å². The van der Waals surface area contributed by atoms with Gasteiger partial charge in [0.15, 0.2) is 0 Å². The normalized spacial score (nSPS) is 13.2. The highest BCUT2D eigenvalue weighted by Crippen LogP contribution is 2.18. The Morgan fingerprint density at radius 1 is 0.338 bits per heavy atom. The van der Waals surface area contributed by atoms with Gasteiger partial charge in [-0.3, -0.25) is 4.79 Å². The van der Waals surface area contributed by atoms with E-state index in [2.05, 4.69) is 92.1 Å². The van der Waals surface area contributed by atoms with Gasteiger partial charge in [0.2, 0.25) is 5.91 Å². The molecule has 3 N–H and O–H groups in total. The number of hydrogen-bond acceptors (Lipinski definition) is 3. The molecule has 0 aliphatic rings. The van der Waals surface area contributed by atoms with Crippen LogP contribution in [0.3, 0.4) is 0 Å². The Morgan fingerprint density at radius 2 is 0.595 bits per heavy atom. The Hall–Kier alpha value is -2.17. The highest BCUT2D eigenvalue weighted by atomic mass is 16.3. The van der Waals surface area contributed by atoms with Crippen molar-refractivity contribution < 1.29 is 15.0 Å². The number of allylic oxidation sites excluding steroid dienone is 12. The fraction of sp³-hybridized carbons (Fsp3) is 0.814. The van der Waals surface area contributed by atoms with E-state index in [9.17, 15) is 15.0 Å². The van der Waals surface area contributed by atoms with E-state index in [0.717, 1.165) is 64.2 Å². The summed E-state index contributed by atoms with van der Waals surface area (Å²) in [5.41, 5.74) is 0. The molecule has 0 saturated heterocycles. The number of hydrogen-bond donors (Lipinski definition) is 3. The van der Waals surface area contributed by atoms with Crippen LogP contribution in [0, 0.1) is 0 Å². The van der Waals surface area contributed by atoms with Crippen molar-refractivity contribution in [2.45, 2.75) is 360 Å². The van der Waals surface area contributed by atoms with Crippen LogP contribution in [0.15, 0.2) is 72.9 Å². The maximum Gasteiger partial charge on any atom is 0.220 e. The lowest BCUT2D eigenvalue weighted by Crippen LogP contribution is -2.45. The predicted octanol–water partition coefficient (Wildman–Crippen LogP) is 22.5. The maximum atomic E-state index is 12.5. The van der Waals surface area contributed by atoms with E-state index >= 15 is 0 Å². The highest BCUT2D eigenvalue weighted by Gasteiger charge is 2.20. The average Bonchev–Trinajstić information content (AvgIpc) is 3.40. The average molecular weight is 1030 g/mol. The van der Waals surface area contributed by atoms with Crippen molar-refractivity contribution in [1.82, 2.24) is 5.32 Å². The molecular formula is C70H129NO3. The van der Waals surface area contributed by atoms with Crippen LogP contribution < -0.4 is 5.32 Å². The van der Waals surface area contributed by atoms with Gasteiger partial charge in [-0.2, -0.15) is 0 Å². The summed E-state index contributed by atoms with van der Waals surface area (Å²) in [7, 11) is 0. The van der Waals surface area contributed by atoms with E-state index in [0.29, 0.717) is 12.8 Å².